The Bertz CT molecular complexity index is 1130. The van der Waals surface area contributed by atoms with Crippen molar-refractivity contribution in [3.63, 3.8) is 0 Å². The Balaban J connectivity index is 1.73. The average Bonchev–Trinajstić information content (AvgIpc) is 3.10. The van der Waals surface area contributed by atoms with Crippen molar-refractivity contribution in [2.24, 2.45) is 0 Å². The van der Waals surface area contributed by atoms with Crippen molar-refractivity contribution in [3.05, 3.63) is 52.5 Å². The number of hydrogen-bond acceptors (Lipinski definition) is 6. The number of esters is 1. The maximum absolute atomic E-state index is 13.2. The third-order valence-corrected chi connectivity index (χ3v) is 7.79. The van der Waals surface area contributed by atoms with Crippen LogP contribution in [0.2, 0.25) is 5.02 Å². The molecule has 0 spiro atoms. The Morgan fingerprint density at radius 2 is 1.79 bits per heavy atom. The first kappa shape index (κ1) is 25.0. The molecule has 0 unspecified atom stereocenters. The van der Waals surface area contributed by atoms with Crippen LogP contribution in [0, 0.1) is 6.92 Å². The third kappa shape index (κ3) is 6.04. The minimum atomic E-state index is -3.86. The van der Waals surface area contributed by atoms with Crippen molar-refractivity contribution >= 4 is 39.2 Å². The fourth-order valence-corrected chi connectivity index (χ4v) is 5.44. The maximum atomic E-state index is 13.2. The van der Waals surface area contributed by atoms with Gasteiger partial charge in [0.25, 0.3) is 5.91 Å². The highest BCUT2D eigenvalue weighted by atomic mass is 35.5. The van der Waals surface area contributed by atoms with Gasteiger partial charge < -0.3 is 14.8 Å². The highest BCUT2D eigenvalue weighted by molar-refractivity contribution is 7.89. The Morgan fingerprint density at radius 1 is 1.09 bits per heavy atom. The van der Waals surface area contributed by atoms with E-state index in [-0.39, 0.29) is 16.2 Å². The lowest BCUT2D eigenvalue weighted by atomic mass is 10.2. The highest BCUT2D eigenvalue weighted by Gasteiger charge is 2.29. The SMILES string of the molecule is COc1ccc(C(=O)OCC(=O)Nc2cccc(Cl)c2C)cc1S(=O)(=O)N1CCCCCC1. The van der Waals surface area contributed by atoms with Crippen molar-refractivity contribution < 1.29 is 27.5 Å². The smallest absolute Gasteiger partial charge is 0.338 e. The molecule has 2 aromatic rings. The number of nitrogens with zero attached hydrogens (tertiary/aromatic N) is 1. The van der Waals surface area contributed by atoms with E-state index < -0.39 is 28.5 Å². The lowest BCUT2D eigenvalue weighted by Gasteiger charge is -2.21. The molecule has 33 heavy (non-hydrogen) atoms. The van der Waals surface area contributed by atoms with Gasteiger partial charge in [0.1, 0.15) is 10.6 Å². The van der Waals surface area contributed by atoms with Crippen LogP contribution in [0.4, 0.5) is 5.69 Å². The highest BCUT2D eigenvalue weighted by Crippen LogP contribution is 2.29. The van der Waals surface area contributed by atoms with Crippen LogP contribution in [0.1, 0.15) is 41.6 Å². The number of amides is 1. The summed E-state index contributed by atoms with van der Waals surface area (Å²) in [5.74, 6) is -1.22. The topological polar surface area (TPSA) is 102 Å². The van der Waals surface area contributed by atoms with Crippen LogP contribution in [-0.2, 0) is 19.6 Å². The van der Waals surface area contributed by atoms with Gasteiger partial charge in [-0.2, -0.15) is 4.31 Å². The van der Waals surface area contributed by atoms with Gasteiger partial charge in [0, 0.05) is 23.8 Å². The molecule has 0 radical (unpaired) electrons. The molecule has 1 aliphatic heterocycles. The van der Waals surface area contributed by atoms with Crippen molar-refractivity contribution in [3.8, 4) is 5.75 Å². The molecule has 1 fully saturated rings. The standard InChI is InChI=1S/C23H27ClN2O6S/c1-16-18(24)8-7-9-19(16)25-22(27)15-32-23(28)17-10-11-20(31-2)21(14-17)33(29,30)26-12-5-3-4-6-13-26/h7-11,14H,3-6,12-13,15H2,1-2H3,(H,25,27). The van der Waals surface area contributed by atoms with Crippen molar-refractivity contribution in [1.82, 2.24) is 4.31 Å². The molecule has 0 saturated carbocycles. The second-order valence-corrected chi connectivity index (χ2v) is 10.0. The third-order valence-electron chi connectivity index (χ3n) is 5.46. The number of halogens is 1. The van der Waals surface area contributed by atoms with Gasteiger partial charge in [-0.05, 0) is 55.7 Å². The number of rotatable bonds is 7. The Hall–Kier alpha value is -2.62. The summed E-state index contributed by atoms with van der Waals surface area (Å²) >= 11 is 6.05. The molecule has 2 aromatic carbocycles. The molecule has 3 rings (SSSR count). The lowest BCUT2D eigenvalue weighted by Crippen LogP contribution is -2.32. The van der Waals surface area contributed by atoms with E-state index in [1.54, 1.807) is 25.1 Å². The number of benzene rings is 2. The fourth-order valence-electron chi connectivity index (χ4n) is 3.57. The summed E-state index contributed by atoms with van der Waals surface area (Å²) in [5.41, 5.74) is 1.21. The van der Waals surface area contributed by atoms with E-state index in [0.717, 1.165) is 25.7 Å². The van der Waals surface area contributed by atoms with E-state index in [1.165, 1.54) is 29.6 Å². The molecule has 1 N–H and O–H groups in total. The molecular formula is C23H27ClN2O6S. The van der Waals surface area contributed by atoms with Crippen LogP contribution in [-0.4, -0.2) is 51.4 Å². The van der Waals surface area contributed by atoms with Gasteiger partial charge in [-0.3, -0.25) is 4.79 Å². The van der Waals surface area contributed by atoms with Crippen LogP contribution in [0.3, 0.4) is 0 Å². The molecule has 1 saturated heterocycles. The fraction of sp³-hybridized carbons (Fsp3) is 0.391. The minimum Gasteiger partial charge on any atom is -0.495 e. The Labute approximate surface area is 198 Å². The number of carbonyl (C=O) groups excluding carboxylic acids is 2. The zero-order chi connectivity index (χ0) is 24.0. The zero-order valence-electron chi connectivity index (χ0n) is 18.6. The predicted molar refractivity (Wildman–Crippen MR) is 125 cm³/mol. The Kier molecular flexibility index (Phi) is 8.34. The van der Waals surface area contributed by atoms with Crippen LogP contribution >= 0.6 is 11.6 Å². The number of anilines is 1. The molecule has 0 aliphatic carbocycles. The van der Waals surface area contributed by atoms with Crippen molar-refractivity contribution in [2.75, 3.05) is 32.1 Å². The van der Waals surface area contributed by atoms with E-state index in [9.17, 15) is 18.0 Å². The summed E-state index contributed by atoms with van der Waals surface area (Å²) in [6, 6.07) is 9.14. The van der Waals surface area contributed by atoms with E-state index in [1.807, 2.05) is 0 Å². The normalized spacial score (nSPS) is 14.9. The second-order valence-electron chi connectivity index (χ2n) is 7.72. The number of hydrogen-bond donors (Lipinski definition) is 1. The van der Waals surface area contributed by atoms with Gasteiger partial charge >= 0.3 is 5.97 Å². The first-order valence-corrected chi connectivity index (χ1v) is 12.5. The van der Waals surface area contributed by atoms with Gasteiger partial charge in [-0.1, -0.05) is 30.5 Å². The number of ether oxygens (including phenoxy) is 2. The van der Waals surface area contributed by atoms with Gasteiger partial charge in [-0.25, -0.2) is 13.2 Å². The molecule has 0 aromatic heterocycles. The molecule has 178 valence electrons. The van der Waals surface area contributed by atoms with Crippen LogP contribution < -0.4 is 10.1 Å². The average molecular weight is 495 g/mol. The quantitative estimate of drug-likeness (QED) is 0.583. The monoisotopic (exact) mass is 494 g/mol. The molecule has 1 heterocycles. The van der Waals surface area contributed by atoms with Gasteiger partial charge in [0.15, 0.2) is 6.61 Å². The Morgan fingerprint density at radius 3 is 2.45 bits per heavy atom. The summed E-state index contributed by atoms with van der Waals surface area (Å²) in [4.78, 5) is 24.7. The maximum Gasteiger partial charge on any atom is 0.338 e. The lowest BCUT2D eigenvalue weighted by molar-refractivity contribution is -0.119. The van der Waals surface area contributed by atoms with E-state index in [4.69, 9.17) is 21.1 Å². The molecule has 10 heteroatoms. The number of methoxy groups -OCH3 is 1. The molecule has 0 atom stereocenters. The van der Waals surface area contributed by atoms with Gasteiger partial charge in [0.05, 0.1) is 12.7 Å². The first-order valence-electron chi connectivity index (χ1n) is 10.6. The molecule has 1 amide bonds. The minimum absolute atomic E-state index is 0.0101. The predicted octanol–water partition coefficient (Wildman–Crippen LogP) is 4.02. The summed E-state index contributed by atoms with van der Waals surface area (Å²) in [6.07, 6.45) is 3.52. The van der Waals surface area contributed by atoms with E-state index in [0.29, 0.717) is 29.4 Å². The van der Waals surface area contributed by atoms with E-state index >= 15 is 0 Å². The van der Waals surface area contributed by atoms with Crippen molar-refractivity contribution in [1.29, 1.82) is 0 Å². The first-order chi connectivity index (χ1) is 15.7. The summed E-state index contributed by atoms with van der Waals surface area (Å²) < 4.78 is 38.3. The summed E-state index contributed by atoms with van der Waals surface area (Å²) in [5, 5.41) is 3.14. The number of carbonyl (C=O) groups is 2. The van der Waals surface area contributed by atoms with Crippen molar-refractivity contribution in [2.45, 2.75) is 37.5 Å². The molecular weight excluding hydrogens is 468 g/mol. The molecule has 1 aliphatic rings. The summed E-state index contributed by atoms with van der Waals surface area (Å²) in [6.45, 7) is 2.06. The summed E-state index contributed by atoms with van der Waals surface area (Å²) in [7, 11) is -2.48. The van der Waals surface area contributed by atoms with Crippen LogP contribution in [0.25, 0.3) is 0 Å². The molecule has 8 nitrogen and oxygen atoms in total. The zero-order valence-corrected chi connectivity index (χ0v) is 20.2. The number of nitrogens with one attached hydrogen (secondary N) is 1. The van der Waals surface area contributed by atoms with Gasteiger partial charge in [0.2, 0.25) is 10.0 Å². The van der Waals surface area contributed by atoms with Gasteiger partial charge in [-0.15, -0.1) is 0 Å². The van der Waals surface area contributed by atoms with Crippen LogP contribution in [0.15, 0.2) is 41.3 Å². The van der Waals surface area contributed by atoms with E-state index in [2.05, 4.69) is 5.32 Å². The van der Waals surface area contributed by atoms with Crippen LogP contribution in [0.5, 0.6) is 5.75 Å². The largest absolute Gasteiger partial charge is 0.495 e. The molecule has 0 bridgehead atoms. The second kappa shape index (κ2) is 11.0. The number of sulfonamides is 1.